The van der Waals surface area contributed by atoms with E-state index in [1.54, 1.807) is 12.1 Å². The first-order valence-electron chi connectivity index (χ1n) is 8.11. The molecule has 1 unspecified atom stereocenters. The maximum absolute atomic E-state index is 12.6. The summed E-state index contributed by atoms with van der Waals surface area (Å²) in [5, 5.41) is 9.73. The van der Waals surface area contributed by atoms with Gasteiger partial charge in [-0.1, -0.05) is 18.9 Å². The zero-order valence-corrected chi connectivity index (χ0v) is 13.6. The summed E-state index contributed by atoms with van der Waals surface area (Å²) in [6.07, 6.45) is 4.46. The first kappa shape index (κ1) is 15.0. The fraction of sp³-hybridized carbons (Fsp3) is 0.562. The van der Waals surface area contributed by atoms with Gasteiger partial charge in [0.05, 0.1) is 17.3 Å². The summed E-state index contributed by atoms with van der Waals surface area (Å²) >= 11 is 0. The fourth-order valence-electron chi connectivity index (χ4n) is 4.29. The Hall–Kier alpha value is -1.60. The summed E-state index contributed by atoms with van der Waals surface area (Å²) in [6.45, 7) is 0.823. The second kappa shape index (κ2) is 4.95. The zero-order chi connectivity index (χ0) is 16.2. The number of sulfonamides is 1. The van der Waals surface area contributed by atoms with Crippen LogP contribution in [0.25, 0.3) is 0 Å². The number of nitrogens with zero attached hydrogens (tertiary/aromatic N) is 1. The number of aliphatic carboxylic acids is 1. The molecule has 0 spiro atoms. The number of hydrogen-bond donors (Lipinski definition) is 2. The maximum Gasteiger partial charge on any atom is 0.314 e. The Morgan fingerprint density at radius 2 is 2.00 bits per heavy atom. The lowest BCUT2D eigenvalue weighted by Crippen LogP contribution is -2.49. The van der Waals surface area contributed by atoms with Gasteiger partial charge in [0.2, 0.25) is 10.0 Å². The van der Waals surface area contributed by atoms with Gasteiger partial charge in [0.1, 0.15) is 4.90 Å². The summed E-state index contributed by atoms with van der Waals surface area (Å²) in [5.41, 5.74) is 0.379. The van der Waals surface area contributed by atoms with Crippen LogP contribution < -0.4 is 9.62 Å². The van der Waals surface area contributed by atoms with Crippen LogP contribution in [-0.4, -0.2) is 32.2 Å². The second-order valence-electron chi connectivity index (χ2n) is 6.75. The largest absolute Gasteiger partial charge is 0.481 e. The van der Waals surface area contributed by atoms with Crippen molar-refractivity contribution < 1.29 is 18.3 Å². The molecule has 0 amide bonds. The molecule has 0 radical (unpaired) electrons. The van der Waals surface area contributed by atoms with Crippen molar-refractivity contribution in [1.82, 2.24) is 4.72 Å². The van der Waals surface area contributed by atoms with Crippen LogP contribution in [0.4, 0.5) is 5.69 Å². The molecule has 7 heteroatoms. The Balaban J connectivity index is 1.86. The molecule has 1 saturated carbocycles. The minimum absolute atomic E-state index is 0.168. The van der Waals surface area contributed by atoms with E-state index in [0.717, 1.165) is 32.2 Å². The standard InChI is InChI=1S/C16H20N2O4S/c19-15(20)16(7-1-2-8-16)11-5-6-12-13(10-11)23(21,22)17-14-4-3-9-18(12)14/h5-6,10,14,17H,1-4,7-9H2,(H,19,20). The quantitative estimate of drug-likeness (QED) is 0.860. The number of carboxylic acids is 1. The molecule has 23 heavy (non-hydrogen) atoms. The van der Waals surface area contributed by atoms with Crippen LogP contribution in [0, 0.1) is 0 Å². The molecule has 124 valence electrons. The van der Waals surface area contributed by atoms with E-state index in [-0.39, 0.29) is 11.1 Å². The molecule has 2 N–H and O–H groups in total. The van der Waals surface area contributed by atoms with Crippen molar-refractivity contribution in [3.63, 3.8) is 0 Å². The van der Waals surface area contributed by atoms with E-state index in [1.807, 2.05) is 6.07 Å². The highest BCUT2D eigenvalue weighted by Gasteiger charge is 2.45. The number of rotatable bonds is 2. The number of benzene rings is 1. The van der Waals surface area contributed by atoms with E-state index in [0.29, 0.717) is 24.1 Å². The van der Waals surface area contributed by atoms with Gasteiger partial charge in [-0.15, -0.1) is 0 Å². The molecule has 1 aromatic carbocycles. The summed E-state index contributed by atoms with van der Waals surface area (Å²) in [4.78, 5) is 14.2. The van der Waals surface area contributed by atoms with Crippen molar-refractivity contribution in [3.8, 4) is 0 Å². The predicted octanol–water partition coefficient (Wildman–Crippen LogP) is 1.80. The van der Waals surface area contributed by atoms with Gasteiger partial charge >= 0.3 is 5.97 Å². The van der Waals surface area contributed by atoms with Gasteiger partial charge in [0.25, 0.3) is 0 Å². The van der Waals surface area contributed by atoms with E-state index in [4.69, 9.17) is 0 Å². The van der Waals surface area contributed by atoms with Crippen LogP contribution in [0.2, 0.25) is 0 Å². The monoisotopic (exact) mass is 336 g/mol. The minimum atomic E-state index is -3.59. The highest BCUT2D eigenvalue weighted by molar-refractivity contribution is 7.89. The van der Waals surface area contributed by atoms with E-state index >= 15 is 0 Å². The van der Waals surface area contributed by atoms with Crippen LogP contribution >= 0.6 is 0 Å². The lowest BCUT2D eigenvalue weighted by atomic mass is 9.79. The number of anilines is 1. The molecule has 1 saturated heterocycles. The third-order valence-electron chi connectivity index (χ3n) is 5.52. The molecule has 2 fully saturated rings. The summed E-state index contributed by atoms with van der Waals surface area (Å²) in [5.74, 6) is -0.852. The zero-order valence-electron chi connectivity index (χ0n) is 12.8. The van der Waals surface area contributed by atoms with Crippen molar-refractivity contribution in [2.45, 2.75) is 55.0 Å². The molecular formula is C16H20N2O4S. The van der Waals surface area contributed by atoms with Crippen molar-refractivity contribution in [2.75, 3.05) is 11.4 Å². The highest BCUT2D eigenvalue weighted by atomic mass is 32.2. The minimum Gasteiger partial charge on any atom is -0.481 e. The first-order chi connectivity index (χ1) is 10.9. The van der Waals surface area contributed by atoms with E-state index in [9.17, 15) is 18.3 Å². The normalized spacial score (nSPS) is 27.5. The van der Waals surface area contributed by atoms with Gasteiger partial charge in [-0.25, -0.2) is 8.42 Å². The molecule has 0 aromatic heterocycles. The Morgan fingerprint density at radius 1 is 1.26 bits per heavy atom. The molecule has 1 aliphatic carbocycles. The van der Waals surface area contributed by atoms with E-state index in [1.165, 1.54) is 0 Å². The molecule has 6 nitrogen and oxygen atoms in total. The summed E-state index contributed by atoms with van der Waals surface area (Å²) in [6, 6.07) is 5.20. The highest BCUT2D eigenvalue weighted by Crippen LogP contribution is 2.44. The Labute approximate surface area is 135 Å². The summed E-state index contributed by atoms with van der Waals surface area (Å²) < 4.78 is 27.9. The fourth-order valence-corrected chi connectivity index (χ4v) is 5.76. The summed E-state index contributed by atoms with van der Waals surface area (Å²) in [7, 11) is -3.59. The van der Waals surface area contributed by atoms with Crippen molar-refractivity contribution in [2.24, 2.45) is 0 Å². The van der Waals surface area contributed by atoms with Crippen LogP contribution in [-0.2, 0) is 20.2 Å². The maximum atomic E-state index is 12.6. The molecule has 0 bridgehead atoms. The SMILES string of the molecule is O=C(O)C1(c2ccc3c(c2)S(=O)(=O)NC2CCCN32)CCCC1. The molecule has 2 aliphatic heterocycles. The average Bonchev–Trinajstić information content (AvgIpc) is 3.15. The lowest BCUT2D eigenvalue weighted by molar-refractivity contribution is -0.143. The van der Waals surface area contributed by atoms with Crippen LogP contribution in [0.5, 0.6) is 0 Å². The van der Waals surface area contributed by atoms with Gasteiger partial charge in [-0.3, -0.25) is 4.79 Å². The number of fused-ring (bicyclic) bond motifs is 3. The Kier molecular flexibility index (Phi) is 3.22. The van der Waals surface area contributed by atoms with E-state index in [2.05, 4.69) is 9.62 Å². The van der Waals surface area contributed by atoms with Crippen molar-refractivity contribution in [3.05, 3.63) is 23.8 Å². The first-order valence-corrected chi connectivity index (χ1v) is 9.59. The number of carbonyl (C=O) groups is 1. The van der Waals surface area contributed by atoms with Gasteiger partial charge < -0.3 is 10.0 Å². The number of carboxylic acid groups (broad SMARTS) is 1. The number of nitrogens with one attached hydrogen (secondary N) is 1. The topological polar surface area (TPSA) is 86.7 Å². The molecular weight excluding hydrogens is 316 g/mol. The second-order valence-corrected chi connectivity index (χ2v) is 8.43. The van der Waals surface area contributed by atoms with Gasteiger partial charge in [-0.2, -0.15) is 4.72 Å². The lowest BCUT2D eigenvalue weighted by Gasteiger charge is -2.35. The van der Waals surface area contributed by atoms with Gasteiger partial charge in [0, 0.05) is 6.54 Å². The van der Waals surface area contributed by atoms with Gasteiger partial charge in [-0.05, 0) is 43.4 Å². The molecule has 1 aromatic rings. The van der Waals surface area contributed by atoms with Crippen LogP contribution in [0.15, 0.2) is 23.1 Å². The predicted molar refractivity (Wildman–Crippen MR) is 84.9 cm³/mol. The molecule has 1 atom stereocenters. The van der Waals surface area contributed by atoms with Crippen LogP contribution in [0.3, 0.4) is 0 Å². The van der Waals surface area contributed by atoms with Crippen LogP contribution in [0.1, 0.15) is 44.1 Å². The Morgan fingerprint density at radius 3 is 2.70 bits per heavy atom. The molecule has 2 heterocycles. The third-order valence-corrected chi connectivity index (χ3v) is 7.01. The Bertz CT molecular complexity index is 768. The van der Waals surface area contributed by atoms with Crippen molar-refractivity contribution >= 4 is 21.7 Å². The van der Waals surface area contributed by atoms with Gasteiger partial charge in [0.15, 0.2) is 0 Å². The average molecular weight is 336 g/mol. The molecule has 4 rings (SSSR count). The smallest absolute Gasteiger partial charge is 0.314 e. The van der Waals surface area contributed by atoms with E-state index < -0.39 is 21.4 Å². The number of hydrogen-bond acceptors (Lipinski definition) is 4. The molecule has 3 aliphatic rings. The third kappa shape index (κ3) is 2.10. The van der Waals surface area contributed by atoms with Crippen molar-refractivity contribution in [1.29, 1.82) is 0 Å².